The van der Waals surface area contributed by atoms with Gasteiger partial charge in [0.05, 0.1) is 12.7 Å². The van der Waals surface area contributed by atoms with E-state index in [1.807, 2.05) is 6.07 Å². The molecule has 4 rings (SSSR count). The summed E-state index contributed by atoms with van der Waals surface area (Å²) in [5.74, 6) is -0.625. The van der Waals surface area contributed by atoms with Crippen LogP contribution in [0, 0.1) is 0 Å². The van der Waals surface area contributed by atoms with Crippen molar-refractivity contribution in [2.75, 3.05) is 13.7 Å². The molecule has 138 valence electrons. The van der Waals surface area contributed by atoms with Crippen LogP contribution in [-0.4, -0.2) is 45.2 Å². The number of aromatic amines is 1. The zero-order valence-electron chi connectivity index (χ0n) is 15.0. The summed E-state index contributed by atoms with van der Waals surface area (Å²) in [6.45, 7) is 0.955. The number of aromatic nitrogens is 3. The van der Waals surface area contributed by atoms with Crippen molar-refractivity contribution in [2.45, 2.75) is 13.0 Å². The Hall–Kier alpha value is -3.42. The molecule has 0 aliphatic carbocycles. The highest BCUT2D eigenvalue weighted by Crippen LogP contribution is 2.29. The van der Waals surface area contributed by atoms with E-state index in [0.717, 1.165) is 26.8 Å². The lowest BCUT2D eigenvalue weighted by atomic mass is 10.0. The minimum atomic E-state index is -0.398. The second-order valence-electron chi connectivity index (χ2n) is 6.49. The monoisotopic (exact) mass is 366 g/mol. The molecule has 0 radical (unpaired) electrons. The number of nitrogens with zero attached hydrogens (tertiary/aromatic N) is 3. The first-order chi connectivity index (χ1) is 13.0. The Morgan fingerprint density at radius 2 is 2.04 bits per heavy atom. The number of fused-ring (bicyclic) bond motifs is 3. The van der Waals surface area contributed by atoms with E-state index in [0.29, 0.717) is 25.1 Å². The average Bonchev–Trinajstić information content (AvgIpc) is 3.05. The zero-order chi connectivity index (χ0) is 19.1. The average molecular weight is 366 g/mol. The fourth-order valence-electron chi connectivity index (χ4n) is 3.41. The number of hydrogen-bond donors (Lipinski definition) is 1. The van der Waals surface area contributed by atoms with E-state index >= 15 is 0 Å². The summed E-state index contributed by atoms with van der Waals surface area (Å²) < 4.78 is 5.94. The first kappa shape index (κ1) is 17.0. The van der Waals surface area contributed by atoms with Gasteiger partial charge in [0.25, 0.3) is 11.5 Å². The summed E-state index contributed by atoms with van der Waals surface area (Å²) in [7, 11) is 2.86. The van der Waals surface area contributed by atoms with Gasteiger partial charge in [-0.1, -0.05) is 0 Å². The van der Waals surface area contributed by atoms with Gasteiger partial charge in [-0.3, -0.25) is 9.59 Å². The number of benzene rings is 1. The Labute approximate surface area is 154 Å². The number of H-pyrrole nitrogens is 1. The van der Waals surface area contributed by atoms with Crippen LogP contribution < -0.4 is 5.56 Å². The Morgan fingerprint density at radius 1 is 1.22 bits per heavy atom. The molecule has 3 aromatic rings. The molecule has 2 aromatic heterocycles. The van der Waals surface area contributed by atoms with E-state index in [2.05, 4.69) is 10.1 Å². The number of aryl methyl sites for hydroxylation is 1. The van der Waals surface area contributed by atoms with Crippen LogP contribution in [0.4, 0.5) is 0 Å². The Kier molecular flexibility index (Phi) is 4.02. The molecule has 0 atom stereocenters. The summed E-state index contributed by atoms with van der Waals surface area (Å²) in [4.78, 5) is 41.2. The van der Waals surface area contributed by atoms with Gasteiger partial charge >= 0.3 is 5.97 Å². The van der Waals surface area contributed by atoms with Crippen LogP contribution in [0.15, 0.2) is 35.1 Å². The fourth-order valence-corrected chi connectivity index (χ4v) is 3.41. The first-order valence-corrected chi connectivity index (χ1v) is 8.53. The molecule has 1 aliphatic heterocycles. The number of hydrogen-bond acceptors (Lipinski definition) is 5. The molecular weight excluding hydrogens is 348 g/mol. The summed E-state index contributed by atoms with van der Waals surface area (Å²) in [6.07, 6.45) is 0.676. The van der Waals surface area contributed by atoms with Crippen LogP contribution in [0.25, 0.3) is 10.9 Å². The van der Waals surface area contributed by atoms with E-state index in [1.54, 1.807) is 17.0 Å². The zero-order valence-corrected chi connectivity index (χ0v) is 15.0. The van der Waals surface area contributed by atoms with Crippen molar-refractivity contribution in [1.29, 1.82) is 0 Å². The number of esters is 1. The molecule has 1 aliphatic rings. The highest BCUT2D eigenvalue weighted by Gasteiger charge is 2.26. The van der Waals surface area contributed by atoms with Crippen molar-refractivity contribution in [1.82, 2.24) is 19.7 Å². The molecule has 1 N–H and O–H groups in total. The smallest absolute Gasteiger partial charge is 0.337 e. The predicted molar refractivity (Wildman–Crippen MR) is 97.6 cm³/mol. The van der Waals surface area contributed by atoms with Crippen LogP contribution in [-0.2, 0) is 24.8 Å². The van der Waals surface area contributed by atoms with Crippen LogP contribution in [0.5, 0.6) is 0 Å². The number of nitrogens with one attached hydrogen (secondary N) is 1. The molecular formula is C19H18N4O4. The lowest BCUT2D eigenvalue weighted by Crippen LogP contribution is -2.37. The molecule has 8 nitrogen and oxygen atoms in total. The Morgan fingerprint density at radius 3 is 2.78 bits per heavy atom. The van der Waals surface area contributed by atoms with Gasteiger partial charge in [-0.15, -0.1) is 0 Å². The maximum absolute atomic E-state index is 12.8. The number of methoxy groups -OCH3 is 1. The van der Waals surface area contributed by atoms with Gasteiger partial charge in [0.15, 0.2) is 0 Å². The number of carbonyl (C=O) groups is 2. The van der Waals surface area contributed by atoms with Gasteiger partial charge < -0.3 is 14.6 Å². The van der Waals surface area contributed by atoms with E-state index in [9.17, 15) is 14.4 Å². The van der Waals surface area contributed by atoms with Crippen molar-refractivity contribution in [3.63, 3.8) is 0 Å². The third-order valence-electron chi connectivity index (χ3n) is 4.86. The molecule has 27 heavy (non-hydrogen) atoms. The van der Waals surface area contributed by atoms with Crippen molar-refractivity contribution in [3.8, 4) is 0 Å². The highest BCUT2D eigenvalue weighted by molar-refractivity contribution is 5.97. The van der Waals surface area contributed by atoms with Crippen molar-refractivity contribution in [3.05, 3.63) is 63.2 Å². The SMILES string of the molecule is COC(=O)c1ccc2[nH]c3c(c2c1)CN(C(=O)c1ccc(=O)n(C)n1)CC3. The van der Waals surface area contributed by atoms with Gasteiger partial charge in [0, 0.05) is 54.8 Å². The van der Waals surface area contributed by atoms with Crippen LogP contribution in [0.3, 0.4) is 0 Å². The van der Waals surface area contributed by atoms with Crippen molar-refractivity contribution >= 4 is 22.8 Å². The molecule has 0 saturated heterocycles. The van der Waals surface area contributed by atoms with E-state index in [4.69, 9.17) is 4.74 Å². The quantitative estimate of drug-likeness (QED) is 0.689. The first-order valence-electron chi connectivity index (χ1n) is 8.53. The molecule has 0 saturated carbocycles. The Balaban J connectivity index is 1.69. The summed E-state index contributed by atoms with van der Waals surface area (Å²) in [5, 5.41) is 4.95. The molecule has 0 bridgehead atoms. The lowest BCUT2D eigenvalue weighted by molar-refractivity contribution is 0.0600. The summed E-state index contributed by atoms with van der Waals surface area (Å²) >= 11 is 0. The topological polar surface area (TPSA) is 97.3 Å². The van der Waals surface area contributed by atoms with Crippen LogP contribution in [0.2, 0.25) is 0 Å². The normalized spacial score (nSPS) is 13.5. The van der Waals surface area contributed by atoms with Gasteiger partial charge in [0.2, 0.25) is 0 Å². The molecule has 0 spiro atoms. The maximum atomic E-state index is 12.8. The van der Waals surface area contributed by atoms with Gasteiger partial charge in [-0.25, -0.2) is 9.48 Å². The summed E-state index contributed by atoms with van der Waals surface area (Å²) in [5.41, 5.74) is 3.40. The second kappa shape index (κ2) is 6.39. The largest absolute Gasteiger partial charge is 0.465 e. The standard InChI is InChI=1S/C19H18N4O4/c1-22-17(24)6-5-16(21-22)18(25)23-8-7-15-13(10-23)12-9-11(19(26)27-2)3-4-14(12)20-15/h3-6,9,20H,7-8,10H2,1-2H3. The van der Waals surface area contributed by atoms with Crippen LogP contribution >= 0.6 is 0 Å². The minimum Gasteiger partial charge on any atom is -0.465 e. The predicted octanol–water partition coefficient (Wildman–Crippen LogP) is 1.25. The lowest BCUT2D eigenvalue weighted by Gasteiger charge is -2.27. The third kappa shape index (κ3) is 2.88. The molecule has 3 heterocycles. The second-order valence-corrected chi connectivity index (χ2v) is 6.49. The van der Waals surface area contributed by atoms with Gasteiger partial charge in [-0.05, 0) is 24.3 Å². The molecule has 1 aromatic carbocycles. The van der Waals surface area contributed by atoms with Crippen molar-refractivity contribution < 1.29 is 14.3 Å². The highest BCUT2D eigenvalue weighted by atomic mass is 16.5. The number of amides is 1. The van der Waals surface area contributed by atoms with Crippen LogP contribution in [0.1, 0.15) is 32.1 Å². The van der Waals surface area contributed by atoms with Gasteiger partial charge in [0.1, 0.15) is 5.69 Å². The molecule has 1 amide bonds. The van der Waals surface area contributed by atoms with E-state index < -0.39 is 5.97 Å². The maximum Gasteiger partial charge on any atom is 0.337 e. The molecule has 0 unspecified atom stereocenters. The van der Waals surface area contributed by atoms with E-state index in [-0.39, 0.29) is 17.2 Å². The molecule has 8 heteroatoms. The number of ether oxygens (including phenoxy) is 1. The van der Waals surface area contributed by atoms with Gasteiger partial charge in [-0.2, -0.15) is 5.10 Å². The fraction of sp³-hybridized carbons (Fsp3) is 0.263. The van der Waals surface area contributed by atoms with Crippen molar-refractivity contribution in [2.24, 2.45) is 7.05 Å². The third-order valence-corrected chi connectivity index (χ3v) is 4.86. The number of carbonyl (C=O) groups excluding carboxylic acids is 2. The number of rotatable bonds is 2. The summed E-state index contributed by atoms with van der Waals surface area (Å²) in [6, 6.07) is 8.14. The Bertz CT molecular complexity index is 1130. The molecule has 0 fully saturated rings. The van der Waals surface area contributed by atoms with E-state index in [1.165, 1.54) is 26.3 Å². The minimum absolute atomic E-state index is 0.227.